The minimum Gasteiger partial charge on any atom is -0.309 e. The Kier molecular flexibility index (Phi) is 4.14. The number of rotatable bonds is 5. The number of hydrogen-bond donors (Lipinski definition) is 1. The highest BCUT2D eigenvalue weighted by atomic mass is 15.3. The van der Waals surface area contributed by atoms with Crippen LogP contribution in [0.4, 0.5) is 0 Å². The highest BCUT2D eigenvalue weighted by Crippen LogP contribution is 2.37. The van der Waals surface area contributed by atoms with E-state index in [0.29, 0.717) is 5.54 Å². The first-order valence-corrected chi connectivity index (χ1v) is 7.51. The molecular weight excluding hydrogens is 208 g/mol. The standard InChI is InChI=1S/C15H30N2/c1-5-6-12(2)10-17-11-15(3,4)16-9-14(17)13-7-8-13/h12-14,16H,5-11H2,1-4H3. The second-order valence-corrected chi connectivity index (χ2v) is 6.99. The van der Waals surface area contributed by atoms with Crippen molar-refractivity contribution in [3.8, 4) is 0 Å². The fourth-order valence-corrected chi connectivity index (χ4v) is 3.32. The number of piperazine rings is 1. The zero-order valence-corrected chi connectivity index (χ0v) is 12.1. The van der Waals surface area contributed by atoms with Gasteiger partial charge in [0.2, 0.25) is 0 Å². The molecule has 2 rings (SSSR count). The molecule has 1 N–H and O–H groups in total. The molecular formula is C15H30N2. The zero-order valence-electron chi connectivity index (χ0n) is 12.1. The predicted molar refractivity (Wildman–Crippen MR) is 74.2 cm³/mol. The fraction of sp³-hybridized carbons (Fsp3) is 1.00. The molecule has 1 heterocycles. The summed E-state index contributed by atoms with van der Waals surface area (Å²) in [6.07, 6.45) is 5.63. The van der Waals surface area contributed by atoms with E-state index in [4.69, 9.17) is 0 Å². The maximum Gasteiger partial charge on any atom is 0.0252 e. The van der Waals surface area contributed by atoms with Crippen LogP contribution in [0.3, 0.4) is 0 Å². The first kappa shape index (κ1) is 13.4. The van der Waals surface area contributed by atoms with Crippen LogP contribution in [0, 0.1) is 11.8 Å². The van der Waals surface area contributed by atoms with Crippen molar-refractivity contribution in [3.05, 3.63) is 0 Å². The Morgan fingerprint density at radius 2 is 2.06 bits per heavy atom. The highest BCUT2D eigenvalue weighted by Gasteiger charge is 2.40. The highest BCUT2D eigenvalue weighted by molar-refractivity contribution is 4.98. The van der Waals surface area contributed by atoms with Gasteiger partial charge in [-0.15, -0.1) is 0 Å². The topological polar surface area (TPSA) is 15.3 Å². The maximum atomic E-state index is 3.72. The lowest BCUT2D eigenvalue weighted by molar-refractivity contribution is 0.0686. The van der Waals surface area contributed by atoms with E-state index in [1.165, 1.54) is 45.3 Å². The SMILES string of the molecule is CCCC(C)CN1CC(C)(C)NCC1C1CC1. The van der Waals surface area contributed by atoms with Crippen LogP contribution < -0.4 is 5.32 Å². The van der Waals surface area contributed by atoms with E-state index in [-0.39, 0.29) is 0 Å². The average Bonchev–Trinajstić information content (AvgIpc) is 3.00. The van der Waals surface area contributed by atoms with E-state index in [9.17, 15) is 0 Å². The predicted octanol–water partition coefficient (Wildman–Crippen LogP) is 2.89. The Hall–Kier alpha value is -0.0800. The Morgan fingerprint density at radius 1 is 1.35 bits per heavy atom. The summed E-state index contributed by atoms with van der Waals surface area (Å²) < 4.78 is 0. The van der Waals surface area contributed by atoms with Crippen LogP contribution in [-0.4, -0.2) is 36.1 Å². The van der Waals surface area contributed by atoms with Crippen LogP contribution in [0.15, 0.2) is 0 Å². The van der Waals surface area contributed by atoms with Gasteiger partial charge in [-0.25, -0.2) is 0 Å². The smallest absolute Gasteiger partial charge is 0.0252 e. The van der Waals surface area contributed by atoms with Gasteiger partial charge >= 0.3 is 0 Å². The minimum absolute atomic E-state index is 0.303. The van der Waals surface area contributed by atoms with Crippen LogP contribution in [0.1, 0.15) is 53.4 Å². The number of nitrogens with zero attached hydrogens (tertiary/aromatic N) is 1. The van der Waals surface area contributed by atoms with Gasteiger partial charge in [0.25, 0.3) is 0 Å². The molecule has 1 saturated carbocycles. The van der Waals surface area contributed by atoms with Crippen molar-refractivity contribution in [1.82, 2.24) is 10.2 Å². The van der Waals surface area contributed by atoms with Gasteiger partial charge < -0.3 is 5.32 Å². The van der Waals surface area contributed by atoms with Crippen LogP contribution in [0.2, 0.25) is 0 Å². The molecule has 2 heteroatoms. The summed E-state index contributed by atoms with van der Waals surface area (Å²) in [4.78, 5) is 2.79. The first-order valence-electron chi connectivity index (χ1n) is 7.51. The van der Waals surface area contributed by atoms with E-state index in [1.807, 2.05) is 0 Å². The van der Waals surface area contributed by atoms with E-state index < -0.39 is 0 Å². The third kappa shape index (κ3) is 3.69. The van der Waals surface area contributed by atoms with E-state index >= 15 is 0 Å². The van der Waals surface area contributed by atoms with Gasteiger partial charge in [-0.1, -0.05) is 20.3 Å². The molecule has 2 aliphatic rings. The van der Waals surface area contributed by atoms with Crippen molar-refractivity contribution >= 4 is 0 Å². The minimum atomic E-state index is 0.303. The molecule has 2 unspecified atom stereocenters. The Labute approximate surface area is 107 Å². The van der Waals surface area contributed by atoms with Crippen molar-refractivity contribution in [3.63, 3.8) is 0 Å². The molecule has 0 aromatic carbocycles. The lowest BCUT2D eigenvalue weighted by Crippen LogP contribution is -2.62. The second kappa shape index (κ2) is 5.27. The molecule has 0 amide bonds. The van der Waals surface area contributed by atoms with Crippen LogP contribution in [-0.2, 0) is 0 Å². The molecule has 1 saturated heterocycles. The third-order valence-corrected chi connectivity index (χ3v) is 4.35. The van der Waals surface area contributed by atoms with E-state index in [1.54, 1.807) is 0 Å². The molecule has 17 heavy (non-hydrogen) atoms. The molecule has 0 aromatic rings. The summed E-state index contributed by atoms with van der Waals surface area (Å²) in [6.45, 7) is 13.1. The quantitative estimate of drug-likeness (QED) is 0.792. The van der Waals surface area contributed by atoms with Gasteiger partial charge in [0.15, 0.2) is 0 Å². The Bertz CT molecular complexity index is 245. The summed E-state index contributed by atoms with van der Waals surface area (Å²) in [5, 5.41) is 3.72. The molecule has 1 aliphatic carbocycles. The lowest BCUT2D eigenvalue weighted by atomic mass is 9.94. The summed E-state index contributed by atoms with van der Waals surface area (Å²) >= 11 is 0. The van der Waals surface area contributed by atoms with Crippen molar-refractivity contribution < 1.29 is 0 Å². The summed E-state index contributed by atoms with van der Waals surface area (Å²) in [6, 6.07) is 0.822. The Morgan fingerprint density at radius 3 is 2.65 bits per heavy atom. The summed E-state index contributed by atoms with van der Waals surface area (Å²) in [5.74, 6) is 1.85. The first-order chi connectivity index (χ1) is 8.02. The molecule has 2 fully saturated rings. The maximum absolute atomic E-state index is 3.72. The molecule has 100 valence electrons. The van der Waals surface area contributed by atoms with Gasteiger partial charge in [0.1, 0.15) is 0 Å². The van der Waals surface area contributed by atoms with Crippen molar-refractivity contribution in [2.75, 3.05) is 19.6 Å². The second-order valence-electron chi connectivity index (χ2n) is 6.99. The molecule has 0 radical (unpaired) electrons. The van der Waals surface area contributed by atoms with Crippen LogP contribution in [0.5, 0.6) is 0 Å². The van der Waals surface area contributed by atoms with Crippen LogP contribution >= 0.6 is 0 Å². The normalized spacial score (nSPS) is 31.4. The largest absolute Gasteiger partial charge is 0.309 e. The van der Waals surface area contributed by atoms with Gasteiger partial charge in [-0.2, -0.15) is 0 Å². The summed E-state index contributed by atoms with van der Waals surface area (Å²) in [5.41, 5.74) is 0.303. The van der Waals surface area contributed by atoms with Gasteiger partial charge in [-0.05, 0) is 44.9 Å². The van der Waals surface area contributed by atoms with E-state index in [2.05, 4.69) is 37.9 Å². The van der Waals surface area contributed by atoms with Gasteiger partial charge in [0.05, 0.1) is 0 Å². The third-order valence-electron chi connectivity index (χ3n) is 4.35. The number of nitrogens with one attached hydrogen (secondary N) is 1. The summed E-state index contributed by atoms with van der Waals surface area (Å²) in [7, 11) is 0. The zero-order chi connectivity index (χ0) is 12.5. The van der Waals surface area contributed by atoms with Gasteiger partial charge in [-0.3, -0.25) is 4.90 Å². The molecule has 0 aromatic heterocycles. The molecule has 1 aliphatic heterocycles. The monoisotopic (exact) mass is 238 g/mol. The molecule has 2 nitrogen and oxygen atoms in total. The fourth-order valence-electron chi connectivity index (χ4n) is 3.32. The molecule has 0 spiro atoms. The average molecular weight is 238 g/mol. The lowest BCUT2D eigenvalue weighted by Gasteiger charge is -2.46. The van der Waals surface area contributed by atoms with Crippen molar-refractivity contribution in [2.24, 2.45) is 11.8 Å². The Balaban J connectivity index is 1.93. The van der Waals surface area contributed by atoms with Crippen molar-refractivity contribution in [1.29, 1.82) is 0 Å². The van der Waals surface area contributed by atoms with Crippen LogP contribution in [0.25, 0.3) is 0 Å². The molecule has 0 bridgehead atoms. The van der Waals surface area contributed by atoms with Gasteiger partial charge in [0, 0.05) is 31.2 Å². The number of hydrogen-bond acceptors (Lipinski definition) is 2. The molecule has 2 atom stereocenters. The van der Waals surface area contributed by atoms with Crippen molar-refractivity contribution in [2.45, 2.75) is 65.0 Å². The van der Waals surface area contributed by atoms with E-state index in [0.717, 1.165) is 17.9 Å².